The number of rotatable bonds is 5. The molecule has 1 aliphatic rings. The molecule has 2 aromatic carbocycles. The van der Waals surface area contributed by atoms with Gasteiger partial charge in [0.1, 0.15) is 11.5 Å². The molecule has 120 valence electrons. The number of anilines is 1. The van der Waals surface area contributed by atoms with E-state index < -0.39 is 5.91 Å². The van der Waals surface area contributed by atoms with Crippen molar-refractivity contribution < 1.29 is 14.3 Å². The molecule has 0 spiro atoms. The summed E-state index contributed by atoms with van der Waals surface area (Å²) in [5, 5.41) is 3.46. The summed E-state index contributed by atoms with van der Waals surface area (Å²) in [5.74, 6) is 0.815. The van der Waals surface area contributed by atoms with Crippen molar-refractivity contribution in [3.63, 3.8) is 0 Å². The van der Waals surface area contributed by atoms with E-state index in [0.717, 1.165) is 18.7 Å². The second-order valence-electron chi connectivity index (χ2n) is 5.63. The summed E-state index contributed by atoms with van der Waals surface area (Å²) in [6.45, 7) is 2.88. The van der Waals surface area contributed by atoms with Crippen LogP contribution in [0, 0.1) is 0 Å². The van der Waals surface area contributed by atoms with E-state index in [1.54, 1.807) is 24.3 Å². The average Bonchev–Trinajstić information content (AvgIpc) is 2.95. The van der Waals surface area contributed by atoms with Gasteiger partial charge in [0, 0.05) is 17.9 Å². The Kier molecular flexibility index (Phi) is 4.48. The van der Waals surface area contributed by atoms with Gasteiger partial charge in [-0.15, -0.1) is 0 Å². The third-order valence-corrected chi connectivity index (χ3v) is 3.94. The largest absolute Gasteiger partial charge is 0.457 e. The molecule has 0 unspecified atom stereocenters. The molecule has 2 atom stereocenters. The Balaban J connectivity index is 1.65. The first kappa shape index (κ1) is 15.4. The van der Waals surface area contributed by atoms with Gasteiger partial charge in [-0.3, -0.25) is 4.79 Å². The van der Waals surface area contributed by atoms with Crippen molar-refractivity contribution in [3.8, 4) is 11.5 Å². The summed E-state index contributed by atoms with van der Waals surface area (Å²) in [6, 6.07) is 14.9. The van der Waals surface area contributed by atoms with Crippen molar-refractivity contribution in [2.45, 2.75) is 25.5 Å². The molecule has 0 saturated carbocycles. The van der Waals surface area contributed by atoms with Gasteiger partial charge in [-0.25, -0.2) is 0 Å². The average molecular weight is 312 g/mol. The van der Waals surface area contributed by atoms with Crippen molar-refractivity contribution in [1.82, 2.24) is 0 Å². The van der Waals surface area contributed by atoms with E-state index in [1.165, 1.54) is 0 Å². The van der Waals surface area contributed by atoms with Crippen LogP contribution in [0.5, 0.6) is 11.5 Å². The highest BCUT2D eigenvalue weighted by Gasteiger charge is 2.23. The van der Waals surface area contributed by atoms with Crippen LogP contribution in [0.4, 0.5) is 5.69 Å². The van der Waals surface area contributed by atoms with Gasteiger partial charge in [-0.05, 0) is 55.8 Å². The normalized spacial score (nSPS) is 20.2. The van der Waals surface area contributed by atoms with Crippen LogP contribution < -0.4 is 15.8 Å². The fourth-order valence-electron chi connectivity index (χ4n) is 2.60. The molecular formula is C18H20N2O3. The maximum absolute atomic E-state index is 11.2. The van der Waals surface area contributed by atoms with Crippen LogP contribution >= 0.6 is 0 Å². The second kappa shape index (κ2) is 6.71. The Morgan fingerprint density at radius 3 is 2.65 bits per heavy atom. The first-order chi connectivity index (χ1) is 11.1. The SMILES string of the molecule is C[C@H]1OCC[C@H]1Nc1ccc(Oc2cccc(C(N)=O)c2)cc1. The molecule has 3 rings (SSSR count). The van der Waals surface area contributed by atoms with E-state index in [1.807, 2.05) is 24.3 Å². The highest BCUT2D eigenvalue weighted by Crippen LogP contribution is 2.25. The lowest BCUT2D eigenvalue weighted by molar-refractivity contribution is 0.1000. The molecule has 0 aromatic heterocycles. The van der Waals surface area contributed by atoms with Gasteiger partial charge >= 0.3 is 0 Å². The molecule has 0 bridgehead atoms. The van der Waals surface area contributed by atoms with Gasteiger partial charge in [0.2, 0.25) is 5.91 Å². The van der Waals surface area contributed by atoms with Crippen LogP contribution in [-0.2, 0) is 4.74 Å². The van der Waals surface area contributed by atoms with E-state index in [-0.39, 0.29) is 6.10 Å². The summed E-state index contributed by atoms with van der Waals surface area (Å²) in [6.07, 6.45) is 1.24. The molecule has 23 heavy (non-hydrogen) atoms. The minimum atomic E-state index is -0.470. The number of hydrogen-bond acceptors (Lipinski definition) is 4. The van der Waals surface area contributed by atoms with E-state index in [9.17, 15) is 4.79 Å². The lowest BCUT2D eigenvalue weighted by Gasteiger charge is -2.17. The Bertz CT molecular complexity index is 685. The third kappa shape index (κ3) is 3.81. The van der Waals surface area contributed by atoms with Gasteiger partial charge in [0.25, 0.3) is 0 Å². The minimum absolute atomic E-state index is 0.225. The number of hydrogen-bond donors (Lipinski definition) is 2. The molecule has 1 heterocycles. The Morgan fingerprint density at radius 1 is 1.22 bits per heavy atom. The number of nitrogens with two attached hydrogens (primary N) is 1. The van der Waals surface area contributed by atoms with Crippen molar-refractivity contribution in [2.75, 3.05) is 11.9 Å². The van der Waals surface area contributed by atoms with Crippen molar-refractivity contribution in [1.29, 1.82) is 0 Å². The molecule has 0 aliphatic carbocycles. The fourth-order valence-corrected chi connectivity index (χ4v) is 2.60. The maximum atomic E-state index is 11.2. The molecule has 1 fully saturated rings. The van der Waals surface area contributed by atoms with Gasteiger partial charge < -0.3 is 20.5 Å². The molecule has 1 saturated heterocycles. The number of carbonyl (C=O) groups excluding carboxylic acids is 1. The third-order valence-electron chi connectivity index (χ3n) is 3.94. The van der Waals surface area contributed by atoms with E-state index >= 15 is 0 Å². The zero-order valence-corrected chi connectivity index (χ0v) is 13.0. The smallest absolute Gasteiger partial charge is 0.248 e. The van der Waals surface area contributed by atoms with Crippen LogP contribution in [0.25, 0.3) is 0 Å². The molecule has 1 amide bonds. The molecule has 5 heteroatoms. The Hall–Kier alpha value is -2.53. The van der Waals surface area contributed by atoms with Crippen LogP contribution in [0.1, 0.15) is 23.7 Å². The summed E-state index contributed by atoms with van der Waals surface area (Å²) >= 11 is 0. The zero-order valence-electron chi connectivity index (χ0n) is 13.0. The highest BCUT2D eigenvalue weighted by atomic mass is 16.5. The van der Waals surface area contributed by atoms with Crippen LogP contribution in [-0.4, -0.2) is 24.7 Å². The number of amides is 1. The van der Waals surface area contributed by atoms with Crippen LogP contribution in [0.2, 0.25) is 0 Å². The first-order valence-corrected chi connectivity index (χ1v) is 7.68. The predicted molar refractivity (Wildman–Crippen MR) is 88.9 cm³/mol. The van der Waals surface area contributed by atoms with E-state index in [4.69, 9.17) is 15.2 Å². The van der Waals surface area contributed by atoms with Crippen molar-refractivity contribution in [3.05, 3.63) is 54.1 Å². The lowest BCUT2D eigenvalue weighted by atomic mass is 10.1. The summed E-state index contributed by atoms with van der Waals surface area (Å²) in [7, 11) is 0. The number of nitrogens with one attached hydrogen (secondary N) is 1. The molecule has 1 aliphatic heterocycles. The predicted octanol–water partition coefficient (Wildman–Crippen LogP) is 3.17. The van der Waals surface area contributed by atoms with E-state index in [0.29, 0.717) is 23.1 Å². The van der Waals surface area contributed by atoms with Gasteiger partial charge in [0.15, 0.2) is 0 Å². The van der Waals surface area contributed by atoms with E-state index in [2.05, 4.69) is 12.2 Å². The Labute approximate surface area is 135 Å². The topological polar surface area (TPSA) is 73.6 Å². The summed E-state index contributed by atoms with van der Waals surface area (Å²) in [4.78, 5) is 11.2. The minimum Gasteiger partial charge on any atom is -0.457 e. The molecule has 2 aromatic rings. The lowest BCUT2D eigenvalue weighted by Crippen LogP contribution is -2.26. The molecule has 5 nitrogen and oxygen atoms in total. The summed E-state index contributed by atoms with van der Waals surface area (Å²) < 4.78 is 11.3. The van der Waals surface area contributed by atoms with Gasteiger partial charge in [-0.1, -0.05) is 6.07 Å². The van der Waals surface area contributed by atoms with Gasteiger partial charge in [0.05, 0.1) is 12.1 Å². The Morgan fingerprint density at radius 2 is 2.00 bits per heavy atom. The standard InChI is InChI=1S/C18H20N2O3/c1-12-17(9-10-22-12)20-14-5-7-15(8-6-14)23-16-4-2-3-13(11-16)18(19)21/h2-8,11-12,17,20H,9-10H2,1H3,(H2,19,21)/t12-,17-/m1/s1. The number of carbonyl (C=O) groups is 1. The molecule has 3 N–H and O–H groups in total. The second-order valence-corrected chi connectivity index (χ2v) is 5.63. The van der Waals surface area contributed by atoms with Crippen LogP contribution in [0.15, 0.2) is 48.5 Å². The molecular weight excluding hydrogens is 292 g/mol. The first-order valence-electron chi connectivity index (χ1n) is 7.68. The quantitative estimate of drug-likeness (QED) is 0.889. The van der Waals surface area contributed by atoms with Gasteiger partial charge in [-0.2, -0.15) is 0 Å². The molecule has 0 radical (unpaired) electrons. The number of ether oxygens (including phenoxy) is 2. The zero-order chi connectivity index (χ0) is 16.2. The monoisotopic (exact) mass is 312 g/mol. The van der Waals surface area contributed by atoms with Crippen molar-refractivity contribution >= 4 is 11.6 Å². The number of primary amides is 1. The van der Waals surface area contributed by atoms with Crippen molar-refractivity contribution in [2.24, 2.45) is 5.73 Å². The van der Waals surface area contributed by atoms with Crippen LogP contribution in [0.3, 0.4) is 0 Å². The highest BCUT2D eigenvalue weighted by molar-refractivity contribution is 5.93. The maximum Gasteiger partial charge on any atom is 0.248 e. The summed E-state index contributed by atoms with van der Waals surface area (Å²) in [5.41, 5.74) is 6.73. The number of benzene rings is 2. The fraction of sp³-hybridized carbons (Fsp3) is 0.278.